The van der Waals surface area contributed by atoms with Gasteiger partial charge in [-0.25, -0.2) is 0 Å². The minimum atomic E-state index is 0.382. The van der Waals surface area contributed by atoms with Crippen molar-refractivity contribution in [1.29, 1.82) is 0 Å². The molecule has 1 aliphatic rings. The number of rotatable bonds is 6. The van der Waals surface area contributed by atoms with Crippen LogP contribution in [0.3, 0.4) is 0 Å². The molecular weight excluding hydrogens is 236 g/mol. The Morgan fingerprint density at radius 1 is 1.11 bits per heavy atom. The molecule has 0 aromatic heterocycles. The van der Waals surface area contributed by atoms with Crippen LogP contribution in [0.5, 0.6) is 5.75 Å². The van der Waals surface area contributed by atoms with Crippen LogP contribution < -0.4 is 4.74 Å². The minimum absolute atomic E-state index is 0.382. The van der Waals surface area contributed by atoms with E-state index in [1.807, 2.05) is 12.1 Å². The topological polar surface area (TPSA) is 18.5 Å². The summed E-state index contributed by atoms with van der Waals surface area (Å²) in [6.07, 6.45) is 7.92. The largest absolute Gasteiger partial charge is 0.468 e. The molecule has 0 heterocycles. The van der Waals surface area contributed by atoms with E-state index in [1.165, 1.54) is 44.1 Å². The Kier molecular flexibility index (Phi) is 5.71. The average Bonchev–Trinajstić information content (AvgIpc) is 2.48. The summed E-state index contributed by atoms with van der Waals surface area (Å²) in [7, 11) is 0. The highest BCUT2D eigenvalue weighted by atomic mass is 16.7. The van der Waals surface area contributed by atoms with E-state index < -0.39 is 0 Å². The molecule has 1 aromatic rings. The SMILES string of the molecule is CCC(C)c1ccc(OCOC2CCCCC2)cc1. The number of hydrogen-bond donors (Lipinski definition) is 0. The van der Waals surface area contributed by atoms with Gasteiger partial charge < -0.3 is 9.47 Å². The van der Waals surface area contributed by atoms with Gasteiger partial charge in [0, 0.05) is 0 Å². The molecule has 0 radical (unpaired) electrons. The second-order valence-corrected chi connectivity index (χ2v) is 5.57. The van der Waals surface area contributed by atoms with Gasteiger partial charge in [0.2, 0.25) is 0 Å². The number of hydrogen-bond acceptors (Lipinski definition) is 2. The Labute approximate surface area is 117 Å². The molecule has 1 saturated carbocycles. The third-order valence-corrected chi connectivity index (χ3v) is 4.14. The van der Waals surface area contributed by atoms with Crippen molar-refractivity contribution in [1.82, 2.24) is 0 Å². The second kappa shape index (κ2) is 7.54. The Hall–Kier alpha value is -1.02. The van der Waals surface area contributed by atoms with E-state index in [-0.39, 0.29) is 0 Å². The van der Waals surface area contributed by atoms with E-state index in [2.05, 4.69) is 26.0 Å². The monoisotopic (exact) mass is 262 g/mol. The molecule has 106 valence electrons. The van der Waals surface area contributed by atoms with Crippen molar-refractivity contribution >= 4 is 0 Å². The summed E-state index contributed by atoms with van der Waals surface area (Å²) in [5.74, 6) is 1.52. The standard InChI is InChI=1S/C17H26O2/c1-3-14(2)15-9-11-17(12-10-15)19-13-18-16-7-5-4-6-8-16/h9-12,14,16H,3-8,13H2,1-2H3. The summed E-state index contributed by atoms with van der Waals surface area (Å²) in [5.41, 5.74) is 1.38. The summed E-state index contributed by atoms with van der Waals surface area (Å²) in [6, 6.07) is 8.41. The Bertz CT molecular complexity index is 352. The Morgan fingerprint density at radius 2 is 1.79 bits per heavy atom. The molecule has 0 spiro atoms. The molecule has 0 saturated heterocycles. The molecule has 1 aromatic carbocycles. The second-order valence-electron chi connectivity index (χ2n) is 5.57. The summed E-state index contributed by atoms with van der Waals surface area (Å²) in [6.45, 7) is 4.85. The molecule has 1 atom stereocenters. The van der Waals surface area contributed by atoms with Crippen LogP contribution in [0.1, 0.15) is 63.9 Å². The maximum atomic E-state index is 5.76. The van der Waals surface area contributed by atoms with E-state index in [4.69, 9.17) is 9.47 Å². The van der Waals surface area contributed by atoms with Crippen LogP contribution in [0, 0.1) is 0 Å². The Morgan fingerprint density at radius 3 is 2.42 bits per heavy atom. The van der Waals surface area contributed by atoms with Gasteiger partial charge in [-0.05, 0) is 42.9 Å². The summed E-state index contributed by atoms with van der Waals surface area (Å²) < 4.78 is 11.4. The van der Waals surface area contributed by atoms with Crippen LogP contribution in [-0.2, 0) is 4.74 Å². The molecule has 0 bridgehead atoms. The van der Waals surface area contributed by atoms with Gasteiger partial charge in [0.1, 0.15) is 5.75 Å². The van der Waals surface area contributed by atoms with Gasteiger partial charge in [-0.3, -0.25) is 0 Å². The average molecular weight is 262 g/mol. The first-order valence-corrected chi connectivity index (χ1v) is 7.64. The van der Waals surface area contributed by atoms with Crippen LogP contribution >= 0.6 is 0 Å². The van der Waals surface area contributed by atoms with Crippen molar-refractivity contribution in [3.8, 4) is 5.75 Å². The van der Waals surface area contributed by atoms with Crippen LogP contribution in [0.2, 0.25) is 0 Å². The molecule has 2 nitrogen and oxygen atoms in total. The molecule has 0 N–H and O–H groups in total. The molecule has 1 aliphatic carbocycles. The van der Waals surface area contributed by atoms with Crippen molar-refractivity contribution in [2.45, 2.75) is 64.4 Å². The van der Waals surface area contributed by atoms with Crippen molar-refractivity contribution in [2.75, 3.05) is 6.79 Å². The molecule has 1 unspecified atom stereocenters. The van der Waals surface area contributed by atoms with Gasteiger partial charge in [-0.15, -0.1) is 0 Å². The zero-order valence-electron chi connectivity index (χ0n) is 12.2. The molecule has 19 heavy (non-hydrogen) atoms. The number of ether oxygens (including phenoxy) is 2. The first-order chi connectivity index (χ1) is 9.29. The maximum Gasteiger partial charge on any atom is 0.189 e. The van der Waals surface area contributed by atoms with E-state index in [0.29, 0.717) is 18.8 Å². The molecule has 2 rings (SSSR count). The fourth-order valence-corrected chi connectivity index (χ4v) is 2.56. The molecule has 0 aliphatic heterocycles. The normalized spacial score (nSPS) is 18.2. The van der Waals surface area contributed by atoms with Crippen LogP contribution in [-0.4, -0.2) is 12.9 Å². The fraction of sp³-hybridized carbons (Fsp3) is 0.647. The fourth-order valence-electron chi connectivity index (χ4n) is 2.56. The molecule has 1 fully saturated rings. The van der Waals surface area contributed by atoms with E-state index in [1.54, 1.807) is 0 Å². The summed E-state index contributed by atoms with van der Waals surface area (Å²) in [4.78, 5) is 0. The molecule has 0 amide bonds. The zero-order valence-corrected chi connectivity index (χ0v) is 12.2. The molecular formula is C17H26O2. The minimum Gasteiger partial charge on any atom is -0.468 e. The van der Waals surface area contributed by atoms with Gasteiger partial charge in [0.15, 0.2) is 6.79 Å². The highest BCUT2D eigenvalue weighted by Crippen LogP contribution is 2.23. The van der Waals surface area contributed by atoms with Gasteiger partial charge in [0.25, 0.3) is 0 Å². The van der Waals surface area contributed by atoms with E-state index in [9.17, 15) is 0 Å². The van der Waals surface area contributed by atoms with Crippen molar-refractivity contribution in [3.05, 3.63) is 29.8 Å². The van der Waals surface area contributed by atoms with Crippen molar-refractivity contribution < 1.29 is 9.47 Å². The lowest BCUT2D eigenvalue weighted by Gasteiger charge is -2.22. The third kappa shape index (κ3) is 4.54. The smallest absolute Gasteiger partial charge is 0.189 e. The van der Waals surface area contributed by atoms with Gasteiger partial charge in [-0.2, -0.15) is 0 Å². The Balaban J connectivity index is 1.73. The highest BCUT2D eigenvalue weighted by molar-refractivity contribution is 5.29. The van der Waals surface area contributed by atoms with Gasteiger partial charge in [-0.1, -0.05) is 45.2 Å². The van der Waals surface area contributed by atoms with Crippen molar-refractivity contribution in [2.24, 2.45) is 0 Å². The lowest BCUT2D eigenvalue weighted by atomic mass is 9.98. The predicted molar refractivity (Wildman–Crippen MR) is 78.6 cm³/mol. The predicted octanol–water partition coefficient (Wildman–Crippen LogP) is 4.89. The lowest BCUT2D eigenvalue weighted by Crippen LogP contribution is -2.19. The van der Waals surface area contributed by atoms with E-state index >= 15 is 0 Å². The van der Waals surface area contributed by atoms with Crippen LogP contribution in [0.15, 0.2) is 24.3 Å². The highest BCUT2D eigenvalue weighted by Gasteiger charge is 2.13. The van der Waals surface area contributed by atoms with Crippen LogP contribution in [0.4, 0.5) is 0 Å². The lowest BCUT2D eigenvalue weighted by molar-refractivity contribution is -0.0496. The van der Waals surface area contributed by atoms with Crippen LogP contribution in [0.25, 0.3) is 0 Å². The first kappa shape index (κ1) is 14.4. The van der Waals surface area contributed by atoms with Gasteiger partial charge >= 0.3 is 0 Å². The number of benzene rings is 1. The first-order valence-electron chi connectivity index (χ1n) is 7.64. The zero-order chi connectivity index (χ0) is 13.5. The van der Waals surface area contributed by atoms with Gasteiger partial charge in [0.05, 0.1) is 6.10 Å². The third-order valence-electron chi connectivity index (χ3n) is 4.14. The van der Waals surface area contributed by atoms with Crippen molar-refractivity contribution in [3.63, 3.8) is 0 Å². The summed E-state index contributed by atoms with van der Waals surface area (Å²) >= 11 is 0. The molecule has 2 heteroatoms. The maximum absolute atomic E-state index is 5.76. The summed E-state index contributed by atoms with van der Waals surface area (Å²) in [5, 5.41) is 0. The van der Waals surface area contributed by atoms with E-state index in [0.717, 1.165) is 5.75 Å². The quantitative estimate of drug-likeness (QED) is 0.680.